The average Bonchev–Trinajstić information content (AvgIpc) is 2.76. The topological polar surface area (TPSA) is 285 Å². The first kappa shape index (κ1) is 30.0. The number of thiol groups is 1. The molecule has 2 atom stereocenters. The Hall–Kier alpha value is -4.04. The number of aliphatic carboxylic acids is 2. The predicted molar refractivity (Wildman–Crippen MR) is 120 cm³/mol. The number of carbonyl (C=O) groups is 4. The lowest BCUT2D eigenvalue weighted by molar-refractivity contribution is -0.392. The number of hydrogen-bond acceptors (Lipinski definition) is 12. The molecule has 36 heavy (non-hydrogen) atoms. The molecule has 6 N–H and O–H groups in total. The summed E-state index contributed by atoms with van der Waals surface area (Å²) in [6, 6.07) is -2.57. The SMILES string of the molecule is O=C(O)CNC(=O)[C@H](CS)NC(=O)CC[C@H](Nc1c([N+](=O)[O-])cc(S(=O)(=O)O)cc1[N+](=O)[O-])C(=O)O. The molecule has 0 saturated carbocycles. The Balaban J connectivity index is 3.15. The third-order valence-electron chi connectivity index (χ3n) is 4.29. The Labute approximate surface area is 206 Å². The van der Waals surface area contributed by atoms with E-state index in [2.05, 4.69) is 17.9 Å². The summed E-state index contributed by atoms with van der Waals surface area (Å²) in [4.78, 5) is 65.3. The summed E-state index contributed by atoms with van der Waals surface area (Å²) in [5.74, 6) is -5.10. The first-order valence-corrected chi connectivity index (χ1v) is 11.5. The molecule has 20 heteroatoms. The van der Waals surface area contributed by atoms with Crippen LogP contribution in [0.5, 0.6) is 0 Å². The second-order valence-corrected chi connectivity index (χ2v) is 8.60. The number of carbonyl (C=O) groups excluding carboxylic acids is 2. The normalized spacial score (nSPS) is 12.6. The number of anilines is 1. The minimum atomic E-state index is -5.11. The Morgan fingerprint density at radius 2 is 1.56 bits per heavy atom. The van der Waals surface area contributed by atoms with Crippen molar-refractivity contribution in [3.8, 4) is 0 Å². The molecule has 2 amide bonds. The highest BCUT2D eigenvalue weighted by Crippen LogP contribution is 2.37. The molecular weight excluding hydrogens is 534 g/mol. The van der Waals surface area contributed by atoms with E-state index in [-0.39, 0.29) is 17.9 Å². The van der Waals surface area contributed by atoms with Crippen molar-refractivity contribution in [3.05, 3.63) is 32.4 Å². The summed E-state index contributed by atoms with van der Waals surface area (Å²) >= 11 is 3.85. The van der Waals surface area contributed by atoms with E-state index >= 15 is 0 Å². The van der Waals surface area contributed by atoms with E-state index in [1.54, 1.807) is 0 Å². The third-order valence-corrected chi connectivity index (χ3v) is 5.48. The number of nitro benzene ring substituents is 2. The van der Waals surface area contributed by atoms with Gasteiger partial charge in [0.2, 0.25) is 11.8 Å². The molecule has 0 aromatic heterocycles. The molecule has 0 fully saturated rings. The van der Waals surface area contributed by atoms with Crippen molar-refractivity contribution in [2.75, 3.05) is 17.6 Å². The van der Waals surface area contributed by atoms with Crippen molar-refractivity contribution in [2.24, 2.45) is 0 Å². The van der Waals surface area contributed by atoms with Gasteiger partial charge in [-0.15, -0.1) is 0 Å². The van der Waals surface area contributed by atoms with E-state index in [0.29, 0.717) is 0 Å². The molecule has 1 aromatic rings. The van der Waals surface area contributed by atoms with Gasteiger partial charge in [-0.3, -0.25) is 39.2 Å². The number of nitrogens with one attached hydrogen (secondary N) is 3. The van der Waals surface area contributed by atoms with Crippen LogP contribution in [0.15, 0.2) is 17.0 Å². The van der Waals surface area contributed by atoms with Gasteiger partial charge in [0.25, 0.3) is 10.1 Å². The highest BCUT2D eigenvalue weighted by molar-refractivity contribution is 7.85. The standard InChI is InChI=1S/C16H19N5O13S2/c22-12(18-9(6-35)15(25)17-5-13(23)24)2-1-8(16(26)27)19-14-10(20(28)29)3-7(36(32,33)34)4-11(14)21(30)31/h3-4,8-9,19,35H,1-2,5-6H2,(H,17,25)(H,18,22)(H,23,24)(H,26,27)(H,32,33,34)/t8-,9-/m0/s1. The number of benzene rings is 1. The number of rotatable bonds is 14. The Kier molecular flexibility index (Phi) is 10.5. The van der Waals surface area contributed by atoms with Crippen molar-refractivity contribution in [3.63, 3.8) is 0 Å². The maximum absolute atomic E-state index is 12.2. The van der Waals surface area contributed by atoms with Crippen LogP contribution < -0.4 is 16.0 Å². The molecule has 1 rings (SSSR count). The number of amides is 2. The minimum absolute atomic E-state index is 0.254. The van der Waals surface area contributed by atoms with E-state index in [1.165, 1.54) is 0 Å². The molecule has 18 nitrogen and oxygen atoms in total. The Morgan fingerprint density at radius 3 is 1.94 bits per heavy atom. The molecule has 0 aliphatic heterocycles. The molecule has 1 aromatic carbocycles. The number of hydrogen-bond donors (Lipinski definition) is 7. The average molecular weight is 553 g/mol. The summed E-state index contributed by atoms with van der Waals surface area (Å²) in [6.07, 6.45) is -1.24. The van der Waals surface area contributed by atoms with Crippen LogP contribution in [0, 0.1) is 20.2 Å². The number of nitrogens with zero attached hydrogens (tertiary/aromatic N) is 2. The van der Waals surface area contributed by atoms with Gasteiger partial charge in [-0.1, -0.05) is 0 Å². The van der Waals surface area contributed by atoms with Crippen LogP contribution in [0.4, 0.5) is 17.1 Å². The van der Waals surface area contributed by atoms with Crippen LogP contribution in [0.1, 0.15) is 12.8 Å². The zero-order chi connectivity index (χ0) is 27.8. The zero-order valence-electron chi connectivity index (χ0n) is 17.8. The fraction of sp³-hybridized carbons (Fsp3) is 0.375. The fourth-order valence-corrected chi connectivity index (χ4v) is 3.40. The molecule has 198 valence electrons. The Morgan fingerprint density at radius 1 is 1.03 bits per heavy atom. The van der Waals surface area contributed by atoms with E-state index in [1.807, 2.05) is 10.6 Å². The fourth-order valence-electron chi connectivity index (χ4n) is 2.63. The molecular formula is C16H19N5O13S2. The van der Waals surface area contributed by atoms with Gasteiger partial charge in [0.1, 0.15) is 23.5 Å². The molecule has 0 heterocycles. The smallest absolute Gasteiger partial charge is 0.326 e. The van der Waals surface area contributed by atoms with Gasteiger partial charge in [0, 0.05) is 24.3 Å². The molecule has 0 spiro atoms. The summed E-state index contributed by atoms with van der Waals surface area (Å²) < 4.78 is 31.8. The summed E-state index contributed by atoms with van der Waals surface area (Å²) in [5, 5.41) is 47.0. The van der Waals surface area contributed by atoms with Crippen molar-refractivity contribution in [2.45, 2.75) is 29.8 Å². The number of nitro groups is 2. The molecule has 0 radical (unpaired) electrons. The predicted octanol–water partition coefficient (Wildman–Crippen LogP) is -0.990. The van der Waals surface area contributed by atoms with Crippen molar-refractivity contribution < 1.29 is 52.2 Å². The van der Waals surface area contributed by atoms with Crippen LogP contribution in [-0.4, -0.2) is 81.2 Å². The van der Waals surface area contributed by atoms with Crippen molar-refractivity contribution in [1.82, 2.24) is 10.6 Å². The van der Waals surface area contributed by atoms with Gasteiger partial charge < -0.3 is 26.2 Å². The lowest BCUT2D eigenvalue weighted by Gasteiger charge is -2.18. The molecule has 0 bridgehead atoms. The van der Waals surface area contributed by atoms with Crippen molar-refractivity contribution >= 4 is 63.6 Å². The Bertz CT molecular complexity index is 1150. The summed E-state index contributed by atoms with van der Waals surface area (Å²) in [7, 11) is -5.11. The van der Waals surface area contributed by atoms with Gasteiger partial charge in [-0.25, -0.2) is 4.79 Å². The van der Waals surface area contributed by atoms with E-state index in [0.717, 1.165) is 0 Å². The van der Waals surface area contributed by atoms with Gasteiger partial charge in [0.05, 0.1) is 9.85 Å². The largest absolute Gasteiger partial charge is 0.480 e. The lowest BCUT2D eigenvalue weighted by Crippen LogP contribution is -2.49. The highest BCUT2D eigenvalue weighted by Gasteiger charge is 2.33. The maximum atomic E-state index is 12.2. The second-order valence-electron chi connectivity index (χ2n) is 6.81. The van der Waals surface area contributed by atoms with Crippen LogP contribution >= 0.6 is 12.6 Å². The van der Waals surface area contributed by atoms with E-state index in [4.69, 9.17) is 9.66 Å². The first-order valence-electron chi connectivity index (χ1n) is 9.41. The van der Waals surface area contributed by atoms with Gasteiger partial charge >= 0.3 is 23.3 Å². The monoisotopic (exact) mass is 553 g/mol. The minimum Gasteiger partial charge on any atom is -0.480 e. The quantitative estimate of drug-likeness (QED) is 0.0630. The molecule has 0 aliphatic carbocycles. The molecule has 0 saturated heterocycles. The first-order chi connectivity index (χ1) is 16.6. The van der Waals surface area contributed by atoms with Crippen LogP contribution in [0.2, 0.25) is 0 Å². The van der Waals surface area contributed by atoms with Gasteiger partial charge in [-0.05, 0) is 6.42 Å². The lowest BCUT2D eigenvalue weighted by atomic mass is 10.1. The molecule has 0 aliphatic rings. The van der Waals surface area contributed by atoms with Crippen molar-refractivity contribution in [1.29, 1.82) is 0 Å². The number of carboxylic acid groups (broad SMARTS) is 2. The third kappa shape index (κ3) is 8.63. The zero-order valence-corrected chi connectivity index (χ0v) is 19.5. The van der Waals surface area contributed by atoms with E-state index in [9.17, 15) is 52.9 Å². The van der Waals surface area contributed by atoms with E-state index < -0.39 is 97.1 Å². The van der Waals surface area contributed by atoms with Crippen LogP contribution in [0.25, 0.3) is 0 Å². The van der Waals surface area contributed by atoms with Gasteiger partial charge in [0.15, 0.2) is 5.69 Å². The number of carboxylic acids is 2. The second kappa shape index (κ2) is 12.6. The van der Waals surface area contributed by atoms with Gasteiger partial charge in [-0.2, -0.15) is 21.0 Å². The molecule has 0 unspecified atom stereocenters. The summed E-state index contributed by atoms with van der Waals surface area (Å²) in [6.45, 7) is -0.738. The van der Waals surface area contributed by atoms with Crippen LogP contribution in [0.3, 0.4) is 0 Å². The summed E-state index contributed by atoms with van der Waals surface area (Å²) in [5.41, 5.74) is -3.47. The maximum Gasteiger partial charge on any atom is 0.326 e. The highest BCUT2D eigenvalue weighted by atomic mass is 32.2. The van der Waals surface area contributed by atoms with Crippen LogP contribution in [-0.2, 0) is 29.3 Å².